The van der Waals surface area contributed by atoms with Crippen molar-refractivity contribution in [2.24, 2.45) is 5.11 Å². The molecule has 0 aromatic heterocycles. The van der Waals surface area contributed by atoms with Gasteiger partial charge in [-0.05, 0) is 12.5 Å². The number of carbonyl (C=O) groups excluding carboxylic acids is 1. The summed E-state index contributed by atoms with van der Waals surface area (Å²) < 4.78 is 18.8. The normalized spacial score (nSPS) is 36.0. The lowest BCUT2D eigenvalue weighted by molar-refractivity contribution is -0.143. The van der Waals surface area contributed by atoms with Gasteiger partial charge in [0.1, 0.15) is 18.4 Å². The third-order valence-electron chi connectivity index (χ3n) is 3.67. The number of ether oxygens (including phenoxy) is 1. The molecule has 0 aromatic carbocycles. The first-order chi connectivity index (χ1) is 9.97. The van der Waals surface area contributed by atoms with Gasteiger partial charge in [-0.25, -0.2) is 0 Å². The second-order valence-electron chi connectivity index (χ2n) is 5.00. The third-order valence-corrected chi connectivity index (χ3v) is 3.67. The van der Waals surface area contributed by atoms with E-state index < -0.39 is 43.4 Å². The van der Waals surface area contributed by atoms with E-state index in [-0.39, 0.29) is 6.42 Å². The molecule has 0 aliphatic carbocycles. The first-order valence-electron chi connectivity index (χ1n) is 6.31. The third kappa shape index (κ3) is 2.66. The Kier molecular flexibility index (Phi) is 4.33. The van der Waals surface area contributed by atoms with Gasteiger partial charge in [-0.1, -0.05) is 5.11 Å². The van der Waals surface area contributed by atoms with Gasteiger partial charge >= 0.3 is 0 Å². The van der Waals surface area contributed by atoms with Gasteiger partial charge in [-0.3, -0.25) is 9.18 Å². The average Bonchev–Trinajstić information content (AvgIpc) is 2.82. The summed E-state index contributed by atoms with van der Waals surface area (Å²) in [7, 11) is 0. The van der Waals surface area contributed by atoms with E-state index >= 15 is 0 Å². The van der Waals surface area contributed by atoms with Crippen molar-refractivity contribution in [3.63, 3.8) is 0 Å². The Morgan fingerprint density at radius 1 is 1.76 bits per heavy atom. The van der Waals surface area contributed by atoms with Gasteiger partial charge in [0.15, 0.2) is 0 Å². The van der Waals surface area contributed by atoms with Gasteiger partial charge in [-0.2, -0.15) is 0 Å². The number of nitrogens with zero attached hydrogens (tertiary/aromatic N) is 4. The van der Waals surface area contributed by atoms with E-state index in [1.165, 1.54) is 11.1 Å². The average molecular weight is 301 g/mol. The van der Waals surface area contributed by atoms with Crippen LogP contribution in [-0.4, -0.2) is 58.5 Å². The van der Waals surface area contributed by atoms with Crippen LogP contribution in [0.15, 0.2) is 16.9 Å². The van der Waals surface area contributed by atoms with E-state index in [1.54, 1.807) is 6.92 Å². The van der Waals surface area contributed by atoms with Crippen LogP contribution in [-0.2, 0) is 9.53 Å². The number of hydrogen-bond donors (Lipinski definition) is 3. The van der Waals surface area contributed by atoms with E-state index in [0.717, 1.165) is 0 Å². The summed E-state index contributed by atoms with van der Waals surface area (Å²) in [6, 6.07) is 0. The number of azide groups is 1. The number of hydrogen-bond acceptors (Lipinski definition) is 6. The number of amides is 1. The maximum absolute atomic E-state index is 13.3. The van der Waals surface area contributed by atoms with Crippen molar-refractivity contribution in [1.29, 1.82) is 0 Å². The molecule has 2 heterocycles. The molecule has 0 saturated carbocycles. The van der Waals surface area contributed by atoms with Crippen LogP contribution in [0.3, 0.4) is 0 Å². The molecule has 10 heteroatoms. The Labute approximate surface area is 119 Å². The summed E-state index contributed by atoms with van der Waals surface area (Å²) in [5, 5.41) is 24.9. The molecule has 0 spiro atoms. The fourth-order valence-electron chi connectivity index (χ4n) is 2.45. The Bertz CT molecular complexity index is 509. The summed E-state index contributed by atoms with van der Waals surface area (Å²) in [6.45, 7) is 0.0126. The molecule has 9 nitrogen and oxygen atoms in total. The van der Waals surface area contributed by atoms with Crippen LogP contribution >= 0.6 is 0 Å². The number of carbonyl (C=O) groups is 1. The van der Waals surface area contributed by atoms with Gasteiger partial charge in [0.2, 0.25) is 6.35 Å². The minimum atomic E-state index is -1.53. The topological polar surface area (TPSA) is 131 Å². The van der Waals surface area contributed by atoms with E-state index in [0.29, 0.717) is 5.57 Å². The zero-order chi connectivity index (χ0) is 15.6. The summed E-state index contributed by atoms with van der Waals surface area (Å²) in [4.78, 5) is 15.3. The smallest absolute Gasteiger partial charge is 0.251 e. The lowest BCUT2D eigenvalue weighted by Crippen LogP contribution is -2.53. The number of aliphatic hydroxyl groups excluding tert-OH is 2. The highest BCUT2D eigenvalue weighted by Crippen LogP contribution is 2.37. The lowest BCUT2D eigenvalue weighted by Gasteiger charge is -2.35. The van der Waals surface area contributed by atoms with Crippen molar-refractivity contribution >= 4 is 5.91 Å². The molecular weight excluding hydrogens is 285 g/mol. The minimum absolute atomic E-state index is 0.0600. The van der Waals surface area contributed by atoms with Crippen molar-refractivity contribution in [3.8, 4) is 0 Å². The van der Waals surface area contributed by atoms with Crippen molar-refractivity contribution in [1.82, 2.24) is 10.2 Å². The van der Waals surface area contributed by atoms with E-state index in [1.807, 2.05) is 0 Å². The van der Waals surface area contributed by atoms with Crippen LogP contribution in [0.1, 0.15) is 13.3 Å². The van der Waals surface area contributed by atoms with Crippen LogP contribution in [0.2, 0.25) is 0 Å². The Morgan fingerprint density at radius 3 is 3.05 bits per heavy atom. The van der Waals surface area contributed by atoms with E-state index in [9.17, 15) is 19.4 Å². The zero-order valence-corrected chi connectivity index (χ0v) is 11.3. The summed E-state index contributed by atoms with van der Waals surface area (Å²) in [5.74, 6) is -0.428. The van der Waals surface area contributed by atoms with Gasteiger partial charge < -0.3 is 25.2 Å². The molecule has 21 heavy (non-hydrogen) atoms. The lowest BCUT2D eigenvalue weighted by atomic mass is 9.93. The molecule has 1 fully saturated rings. The second kappa shape index (κ2) is 5.86. The molecule has 0 aromatic rings. The summed E-state index contributed by atoms with van der Waals surface area (Å²) in [6.07, 6.45) is -1.88. The maximum Gasteiger partial charge on any atom is 0.251 e. The molecule has 0 bridgehead atoms. The first-order valence-corrected chi connectivity index (χ1v) is 6.31. The molecular formula is C11H16FN5O4. The number of alkyl halides is 1. The number of rotatable bonds is 4. The predicted molar refractivity (Wildman–Crippen MR) is 68.0 cm³/mol. The first kappa shape index (κ1) is 15.5. The molecule has 2 aliphatic rings. The van der Waals surface area contributed by atoms with Gasteiger partial charge in [-0.15, -0.1) is 0 Å². The fraction of sp³-hybridized carbons (Fsp3) is 0.727. The van der Waals surface area contributed by atoms with Crippen LogP contribution in [0, 0.1) is 0 Å². The molecule has 1 unspecified atom stereocenters. The van der Waals surface area contributed by atoms with Gasteiger partial charge in [0, 0.05) is 23.1 Å². The molecule has 0 radical (unpaired) electrons. The van der Waals surface area contributed by atoms with Crippen molar-refractivity contribution in [2.45, 2.75) is 37.6 Å². The highest BCUT2D eigenvalue weighted by atomic mass is 19.1. The van der Waals surface area contributed by atoms with Crippen LogP contribution in [0.4, 0.5) is 4.39 Å². The highest BCUT2D eigenvalue weighted by Gasteiger charge is 2.51. The molecule has 2 rings (SSSR count). The van der Waals surface area contributed by atoms with Gasteiger partial charge in [0.25, 0.3) is 5.91 Å². The maximum atomic E-state index is 13.3. The second-order valence-corrected chi connectivity index (χ2v) is 5.00. The minimum Gasteiger partial charge on any atom is -0.394 e. The molecule has 3 N–H and O–H groups in total. The molecule has 2 aliphatic heterocycles. The quantitative estimate of drug-likeness (QED) is 0.373. The molecule has 1 amide bonds. The van der Waals surface area contributed by atoms with E-state index in [2.05, 4.69) is 15.3 Å². The molecule has 116 valence electrons. The van der Waals surface area contributed by atoms with Crippen molar-refractivity contribution in [2.75, 3.05) is 13.3 Å². The summed E-state index contributed by atoms with van der Waals surface area (Å²) in [5.41, 5.74) is 7.39. The van der Waals surface area contributed by atoms with Crippen LogP contribution < -0.4 is 5.32 Å². The zero-order valence-electron chi connectivity index (χ0n) is 11.3. The molecule has 4 atom stereocenters. The van der Waals surface area contributed by atoms with Crippen LogP contribution in [0.5, 0.6) is 0 Å². The number of nitrogens with one attached hydrogen (secondary N) is 1. The number of halogens is 1. The van der Waals surface area contributed by atoms with Crippen molar-refractivity contribution in [3.05, 3.63) is 22.2 Å². The fourth-order valence-corrected chi connectivity index (χ4v) is 2.45. The SMILES string of the molecule is CC1=CN([C@H]2C[C@@](CF)(N=[N+]=[N-])[C@@H](CO)O2)C(O)NC1=O. The van der Waals surface area contributed by atoms with Crippen LogP contribution in [0.25, 0.3) is 10.4 Å². The number of aliphatic hydroxyl groups is 2. The molecule has 1 saturated heterocycles. The highest BCUT2D eigenvalue weighted by molar-refractivity contribution is 5.93. The monoisotopic (exact) mass is 301 g/mol. The Balaban J connectivity index is 2.27. The van der Waals surface area contributed by atoms with Crippen molar-refractivity contribution < 1.29 is 24.1 Å². The van der Waals surface area contributed by atoms with E-state index in [4.69, 9.17) is 10.3 Å². The standard InChI is InChI=1S/C11H16FN5O4/c1-6-3-17(10(20)14-9(6)19)8-2-11(5-12,15-16-13)7(4-18)21-8/h3,7-8,10,18,20H,2,4-5H2,1H3,(H,14,19)/t7-,8-,10?,11+/m1/s1. The Morgan fingerprint density at radius 2 is 2.48 bits per heavy atom. The predicted octanol–water partition coefficient (Wildman–Crippen LogP) is -0.276. The summed E-state index contributed by atoms with van der Waals surface area (Å²) >= 11 is 0. The Hall–Kier alpha value is -1.87. The largest absolute Gasteiger partial charge is 0.394 e. The van der Waals surface area contributed by atoms with Gasteiger partial charge in [0.05, 0.1) is 12.7 Å².